The molecule has 0 nitrogen and oxygen atoms in total. The molecule has 0 fully saturated rings. The van der Waals surface area contributed by atoms with Gasteiger partial charge in [0.2, 0.25) is 0 Å². The van der Waals surface area contributed by atoms with E-state index in [1.165, 1.54) is 54.1 Å². The average Bonchev–Trinajstić information content (AvgIpc) is 3.54. The number of benzene rings is 2. The van der Waals surface area contributed by atoms with Crippen molar-refractivity contribution in [2.75, 3.05) is 11.5 Å². The van der Waals surface area contributed by atoms with Crippen LogP contribution in [0.2, 0.25) is 0 Å². The molecule has 0 saturated carbocycles. The van der Waals surface area contributed by atoms with Crippen molar-refractivity contribution < 1.29 is 0 Å². The summed E-state index contributed by atoms with van der Waals surface area (Å²) < 4.78 is 5.64. The van der Waals surface area contributed by atoms with Gasteiger partial charge in [-0.15, -0.1) is 23.5 Å². The molecule has 190 valence electrons. The highest BCUT2D eigenvalue weighted by Crippen LogP contribution is 2.63. The molecule has 0 radical (unpaired) electrons. The molecular formula is C32H26S6. The van der Waals surface area contributed by atoms with Gasteiger partial charge in [0.15, 0.2) is 0 Å². The van der Waals surface area contributed by atoms with Gasteiger partial charge in [-0.25, -0.2) is 0 Å². The molecular weight excluding hydrogens is 577 g/mol. The van der Waals surface area contributed by atoms with Crippen LogP contribution in [0.4, 0.5) is 0 Å². The molecule has 0 N–H and O–H groups in total. The summed E-state index contributed by atoms with van der Waals surface area (Å²) in [6, 6.07) is 16.3. The summed E-state index contributed by atoms with van der Waals surface area (Å²) in [5.41, 5.74) is 3.82. The van der Waals surface area contributed by atoms with Crippen LogP contribution < -0.4 is 0 Å². The van der Waals surface area contributed by atoms with Crippen molar-refractivity contribution in [3.8, 4) is 35.5 Å². The van der Waals surface area contributed by atoms with E-state index in [2.05, 4.69) is 61.5 Å². The summed E-state index contributed by atoms with van der Waals surface area (Å²) >= 11 is 11.5. The van der Waals surface area contributed by atoms with Crippen molar-refractivity contribution >= 4 is 70.6 Å². The lowest BCUT2D eigenvalue weighted by Gasteiger charge is -2.03. The lowest BCUT2D eigenvalue weighted by Crippen LogP contribution is -1.87. The van der Waals surface area contributed by atoms with Gasteiger partial charge in [0.25, 0.3) is 0 Å². The Balaban J connectivity index is 1.47. The maximum atomic E-state index is 3.46. The Hall–Kier alpha value is -1.56. The molecule has 0 atom stereocenters. The van der Waals surface area contributed by atoms with Crippen LogP contribution in [-0.2, 0) is 0 Å². The second-order valence-corrected chi connectivity index (χ2v) is 15.8. The van der Waals surface area contributed by atoms with Gasteiger partial charge in [-0.2, -0.15) is 0 Å². The number of thioether (sulfide) groups is 6. The molecule has 6 heteroatoms. The van der Waals surface area contributed by atoms with Crippen molar-refractivity contribution in [1.82, 2.24) is 0 Å². The molecule has 0 aromatic heterocycles. The van der Waals surface area contributed by atoms with E-state index in [1.54, 1.807) is 23.5 Å². The topological polar surface area (TPSA) is 0 Å². The van der Waals surface area contributed by atoms with Gasteiger partial charge in [0, 0.05) is 22.3 Å². The molecule has 38 heavy (non-hydrogen) atoms. The fraction of sp³-hybridized carbons (Fsp3) is 0.250. The van der Waals surface area contributed by atoms with E-state index in [9.17, 15) is 0 Å². The fourth-order valence-corrected chi connectivity index (χ4v) is 12.2. The van der Waals surface area contributed by atoms with Gasteiger partial charge in [0.05, 0.1) is 26.8 Å². The first-order valence-corrected chi connectivity index (χ1v) is 17.9. The van der Waals surface area contributed by atoms with Crippen LogP contribution in [0.1, 0.15) is 61.8 Å². The SMILES string of the molecule is CCCCSC1=C(SCCCC)SC(=C2SC3=C(C#Cc4ccccc4C#Cc4ccccc4C#C3)S2)S1. The minimum absolute atomic E-state index is 0.952. The zero-order valence-electron chi connectivity index (χ0n) is 21.3. The Morgan fingerprint density at radius 1 is 0.526 bits per heavy atom. The molecule has 3 aliphatic rings. The third-order valence-corrected chi connectivity index (χ3v) is 14.2. The van der Waals surface area contributed by atoms with Gasteiger partial charge >= 0.3 is 0 Å². The number of hydrogen-bond acceptors (Lipinski definition) is 6. The number of allylic oxidation sites excluding steroid dienone is 2. The highest BCUT2D eigenvalue weighted by Gasteiger charge is 2.29. The van der Waals surface area contributed by atoms with E-state index in [4.69, 9.17) is 0 Å². The molecule has 0 saturated heterocycles. The quantitative estimate of drug-likeness (QED) is 0.216. The predicted molar refractivity (Wildman–Crippen MR) is 179 cm³/mol. The first-order valence-electron chi connectivity index (χ1n) is 12.7. The molecule has 2 aliphatic heterocycles. The second-order valence-electron chi connectivity index (χ2n) is 8.46. The lowest BCUT2D eigenvalue weighted by atomic mass is 10.1. The first-order chi connectivity index (χ1) is 18.7. The third kappa shape index (κ3) is 7.14. The van der Waals surface area contributed by atoms with E-state index in [1.807, 2.05) is 83.4 Å². The summed E-state index contributed by atoms with van der Waals surface area (Å²) in [6.45, 7) is 4.53. The molecule has 2 aromatic carbocycles. The van der Waals surface area contributed by atoms with Gasteiger partial charge < -0.3 is 0 Å². The predicted octanol–water partition coefficient (Wildman–Crippen LogP) is 10.3. The van der Waals surface area contributed by atoms with E-state index >= 15 is 0 Å². The molecule has 0 spiro atoms. The average molecular weight is 603 g/mol. The Bertz CT molecular complexity index is 1400. The van der Waals surface area contributed by atoms with Gasteiger partial charge in [-0.3, -0.25) is 0 Å². The van der Waals surface area contributed by atoms with Crippen molar-refractivity contribution in [1.29, 1.82) is 0 Å². The normalized spacial score (nSPS) is 15.7. The Morgan fingerprint density at radius 3 is 1.29 bits per heavy atom. The maximum absolute atomic E-state index is 3.46. The van der Waals surface area contributed by atoms with Crippen LogP contribution in [0.5, 0.6) is 0 Å². The van der Waals surface area contributed by atoms with Gasteiger partial charge in [-0.05, 0) is 48.6 Å². The number of fused-ring (bicyclic) bond motifs is 2. The Kier molecular flexibility index (Phi) is 10.4. The van der Waals surface area contributed by atoms with Crippen molar-refractivity contribution in [3.63, 3.8) is 0 Å². The van der Waals surface area contributed by atoms with E-state index < -0.39 is 0 Å². The first kappa shape index (κ1) is 28.0. The number of rotatable bonds is 8. The van der Waals surface area contributed by atoms with Crippen LogP contribution in [0.3, 0.4) is 0 Å². The number of hydrogen-bond donors (Lipinski definition) is 0. The van der Waals surface area contributed by atoms with E-state index in [0.29, 0.717) is 0 Å². The van der Waals surface area contributed by atoms with Crippen LogP contribution in [0.15, 0.2) is 75.3 Å². The smallest absolute Gasteiger partial charge is 0.0855 e. The van der Waals surface area contributed by atoms with Crippen LogP contribution >= 0.6 is 70.6 Å². The molecule has 2 aromatic rings. The number of unbranched alkanes of at least 4 members (excludes halogenated alkanes) is 2. The second kappa shape index (κ2) is 14.2. The van der Waals surface area contributed by atoms with E-state index in [0.717, 1.165) is 32.1 Å². The highest BCUT2D eigenvalue weighted by atomic mass is 32.3. The fourth-order valence-electron chi connectivity index (χ4n) is 3.48. The largest absolute Gasteiger partial charge is 0.117 e. The van der Waals surface area contributed by atoms with Crippen molar-refractivity contribution in [2.24, 2.45) is 0 Å². The molecule has 2 heterocycles. The van der Waals surface area contributed by atoms with E-state index in [-0.39, 0.29) is 0 Å². The molecule has 0 bridgehead atoms. The lowest BCUT2D eigenvalue weighted by molar-refractivity contribution is 0.897. The standard InChI is InChI=1S/C32H26S6/c1-3-5-21-33-29-30(34-22-6-4-2)38-32(37-29)31-35-27-19-17-25-13-9-7-11-23(25)15-16-24-12-8-10-14-26(24)18-20-28(27)36-31/h7-14H,3-6,21-22H2,1-2H3. The summed E-state index contributed by atoms with van der Waals surface area (Å²) in [7, 11) is 0. The summed E-state index contributed by atoms with van der Waals surface area (Å²) in [5.74, 6) is 22.8. The maximum Gasteiger partial charge on any atom is 0.0855 e. The van der Waals surface area contributed by atoms with Crippen LogP contribution in [0.25, 0.3) is 0 Å². The monoisotopic (exact) mass is 602 g/mol. The molecule has 1 aliphatic carbocycles. The Morgan fingerprint density at radius 2 is 0.895 bits per heavy atom. The minimum Gasteiger partial charge on any atom is -0.117 e. The van der Waals surface area contributed by atoms with Gasteiger partial charge in [0.1, 0.15) is 0 Å². The minimum atomic E-state index is 0.952. The summed E-state index contributed by atoms with van der Waals surface area (Å²) in [5, 5.41) is 0. The van der Waals surface area contributed by atoms with Crippen molar-refractivity contribution in [3.05, 3.63) is 97.5 Å². The van der Waals surface area contributed by atoms with Crippen LogP contribution in [-0.4, -0.2) is 11.5 Å². The Labute approximate surface area is 252 Å². The highest BCUT2D eigenvalue weighted by molar-refractivity contribution is 8.42. The zero-order valence-corrected chi connectivity index (χ0v) is 26.2. The van der Waals surface area contributed by atoms with Crippen molar-refractivity contribution in [2.45, 2.75) is 39.5 Å². The third-order valence-electron chi connectivity index (χ3n) is 5.57. The zero-order chi connectivity index (χ0) is 26.2. The molecule has 0 unspecified atom stereocenters. The summed E-state index contributed by atoms with van der Waals surface area (Å²) in [6.07, 6.45) is 4.99. The summed E-state index contributed by atoms with van der Waals surface area (Å²) in [4.78, 5) is 2.08. The molecule has 0 amide bonds. The van der Waals surface area contributed by atoms with Crippen LogP contribution in [0, 0.1) is 35.5 Å². The molecule has 5 rings (SSSR count). The van der Waals surface area contributed by atoms with Gasteiger partial charge in [-0.1, -0.05) is 134 Å².